The number of carbonyl (C=O) groups excluding carboxylic acids is 1. The highest BCUT2D eigenvalue weighted by molar-refractivity contribution is 5.94. The van der Waals surface area contributed by atoms with Crippen LogP contribution in [0.25, 0.3) is 0 Å². The average molecular weight is 297 g/mol. The third kappa shape index (κ3) is 3.26. The molecule has 0 aliphatic heterocycles. The van der Waals surface area contributed by atoms with Crippen LogP contribution in [0.4, 0.5) is 13.2 Å². The summed E-state index contributed by atoms with van der Waals surface area (Å²) in [6.45, 7) is 1.78. The van der Waals surface area contributed by atoms with E-state index in [0.29, 0.717) is 5.76 Å². The van der Waals surface area contributed by atoms with Crippen molar-refractivity contribution in [1.82, 2.24) is 4.90 Å². The molecule has 21 heavy (non-hydrogen) atoms. The quantitative estimate of drug-likeness (QED) is 0.853. The third-order valence-electron chi connectivity index (χ3n) is 3.32. The molecule has 1 unspecified atom stereocenters. The zero-order valence-electron chi connectivity index (χ0n) is 11.5. The minimum absolute atomic E-state index is 0.198. The van der Waals surface area contributed by atoms with Crippen LogP contribution >= 0.6 is 0 Å². The van der Waals surface area contributed by atoms with Crippen molar-refractivity contribution in [2.45, 2.75) is 19.1 Å². The van der Waals surface area contributed by atoms with E-state index in [2.05, 4.69) is 0 Å². The molecule has 1 atom stereocenters. The summed E-state index contributed by atoms with van der Waals surface area (Å²) >= 11 is 0. The molecule has 0 fully saturated rings. The second-order valence-electron chi connectivity index (χ2n) is 4.68. The summed E-state index contributed by atoms with van der Waals surface area (Å²) in [5.74, 6) is 0.241. The van der Waals surface area contributed by atoms with Crippen LogP contribution < -0.4 is 0 Å². The number of amides is 1. The highest BCUT2D eigenvalue weighted by atomic mass is 19.4. The van der Waals surface area contributed by atoms with Crippen LogP contribution in [0.5, 0.6) is 0 Å². The minimum Gasteiger partial charge on any atom is -0.467 e. The second-order valence-corrected chi connectivity index (χ2v) is 4.68. The number of benzene rings is 1. The van der Waals surface area contributed by atoms with Gasteiger partial charge in [0.1, 0.15) is 5.76 Å². The van der Waals surface area contributed by atoms with Gasteiger partial charge in [-0.1, -0.05) is 0 Å². The van der Waals surface area contributed by atoms with Gasteiger partial charge in [-0.3, -0.25) is 4.79 Å². The summed E-state index contributed by atoms with van der Waals surface area (Å²) in [6.07, 6.45) is -2.91. The van der Waals surface area contributed by atoms with Crippen molar-refractivity contribution in [3.05, 3.63) is 59.5 Å². The molecule has 0 saturated carbocycles. The van der Waals surface area contributed by atoms with Gasteiger partial charge in [-0.15, -0.1) is 0 Å². The molecule has 112 valence electrons. The fourth-order valence-electron chi connectivity index (χ4n) is 1.90. The molecule has 1 aromatic carbocycles. The van der Waals surface area contributed by atoms with Gasteiger partial charge in [-0.05, 0) is 43.3 Å². The first-order valence-corrected chi connectivity index (χ1v) is 6.28. The van der Waals surface area contributed by atoms with Crippen LogP contribution in [0.1, 0.15) is 34.6 Å². The molecular weight excluding hydrogens is 283 g/mol. The second kappa shape index (κ2) is 5.63. The van der Waals surface area contributed by atoms with Gasteiger partial charge in [-0.2, -0.15) is 13.2 Å². The van der Waals surface area contributed by atoms with Gasteiger partial charge in [0.05, 0.1) is 17.9 Å². The molecule has 0 saturated heterocycles. The van der Waals surface area contributed by atoms with Crippen molar-refractivity contribution in [3.63, 3.8) is 0 Å². The predicted octanol–water partition coefficient (Wildman–Crippen LogP) is 4.13. The number of halogens is 3. The standard InChI is InChI=1S/C15H14F3NO2/c1-10(13-4-3-9-21-13)19(2)14(20)11-5-7-12(8-6-11)15(16,17)18/h3-10H,1-2H3. The smallest absolute Gasteiger partial charge is 0.416 e. The maximum atomic E-state index is 12.5. The summed E-state index contributed by atoms with van der Waals surface area (Å²) in [5.41, 5.74) is -0.579. The van der Waals surface area contributed by atoms with Gasteiger partial charge >= 0.3 is 6.18 Å². The average Bonchev–Trinajstić information content (AvgIpc) is 2.98. The summed E-state index contributed by atoms with van der Waals surface area (Å²) in [7, 11) is 1.58. The van der Waals surface area contributed by atoms with Crippen molar-refractivity contribution in [3.8, 4) is 0 Å². The van der Waals surface area contributed by atoms with E-state index in [4.69, 9.17) is 4.42 Å². The molecule has 0 N–H and O–H groups in total. The lowest BCUT2D eigenvalue weighted by atomic mass is 10.1. The summed E-state index contributed by atoms with van der Waals surface area (Å²) < 4.78 is 42.7. The van der Waals surface area contributed by atoms with Crippen molar-refractivity contribution >= 4 is 5.91 Å². The molecule has 1 aromatic heterocycles. The Morgan fingerprint density at radius 1 is 1.19 bits per heavy atom. The van der Waals surface area contributed by atoms with E-state index in [0.717, 1.165) is 12.1 Å². The van der Waals surface area contributed by atoms with Crippen LogP contribution in [0.15, 0.2) is 47.1 Å². The zero-order valence-corrected chi connectivity index (χ0v) is 11.5. The number of furan rings is 1. The topological polar surface area (TPSA) is 33.5 Å². The maximum Gasteiger partial charge on any atom is 0.416 e. The first-order valence-electron chi connectivity index (χ1n) is 6.28. The Bertz CT molecular complexity index is 603. The number of hydrogen-bond donors (Lipinski definition) is 0. The number of hydrogen-bond acceptors (Lipinski definition) is 2. The summed E-state index contributed by atoms with van der Waals surface area (Å²) in [6, 6.07) is 7.29. The van der Waals surface area contributed by atoms with Crippen molar-refractivity contribution in [1.29, 1.82) is 0 Å². The predicted molar refractivity (Wildman–Crippen MR) is 70.7 cm³/mol. The van der Waals surface area contributed by atoms with Crippen LogP contribution in [0, 0.1) is 0 Å². The zero-order chi connectivity index (χ0) is 15.6. The molecule has 2 rings (SSSR count). The highest BCUT2D eigenvalue weighted by Gasteiger charge is 2.30. The normalized spacial score (nSPS) is 13.0. The Labute approximate surface area is 120 Å². The number of carbonyl (C=O) groups is 1. The maximum absolute atomic E-state index is 12.5. The Morgan fingerprint density at radius 2 is 1.81 bits per heavy atom. The van der Waals surface area contributed by atoms with Crippen molar-refractivity contribution < 1.29 is 22.4 Å². The van der Waals surface area contributed by atoms with Gasteiger partial charge in [0.25, 0.3) is 5.91 Å². The van der Waals surface area contributed by atoms with E-state index in [1.165, 1.54) is 23.3 Å². The highest BCUT2D eigenvalue weighted by Crippen LogP contribution is 2.29. The molecule has 1 amide bonds. The molecule has 0 spiro atoms. The number of rotatable bonds is 3. The van der Waals surface area contributed by atoms with Crippen LogP contribution in [0.2, 0.25) is 0 Å². The Hall–Kier alpha value is -2.24. The van der Waals surface area contributed by atoms with Gasteiger partial charge in [-0.25, -0.2) is 0 Å². The van der Waals surface area contributed by atoms with E-state index >= 15 is 0 Å². The Balaban J connectivity index is 2.16. The number of alkyl halides is 3. The van der Waals surface area contributed by atoms with Crippen LogP contribution in [-0.2, 0) is 6.18 Å². The Morgan fingerprint density at radius 3 is 2.29 bits per heavy atom. The van der Waals surface area contributed by atoms with E-state index in [-0.39, 0.29) is 17.5 Å². The molecule has 0 bridgehead atoms. The van der Waals surface area contributed by atoms with Gasteiger partial charge < -0.3 is 9.32 Å². The fraction of sp³-hybridized carbons (Fsp3) is 0.267. The van der Waals surface area contributed by atoms with E-state index in [1.54, 1.807) is 26.1 Å². The van der Waals surface area contributed by atoms with Gasteiger partial charge in [0.2, 0.25) is 0 Å². The molecule has 1 heterocycles. The van der Waals surface area contributed by atoms with E-state index in [9.17, 15) is 18.0 Å². The fourth-order valence-corrected chi connectivity index (χ4v) is 1.90. The number of nitrogens with zero attached hydrogens (tertiary/aromatic N) is 1. The van der Waals surface area contributed by atoms with Gasteiger partial charge in [0.15, 0.2) is 0 Å². The molecule has 6 heteroatoms. The van der Waals surface area contributed by atoms with E-state index < -0.39 is 11.7 Å². The molecule has 2 aromatic rings. The SMILES string of the molecule is CC(c1ccco1)N(C)C(=O)c1ccc(C(F)(F)F)cc1. The first kappa shape index (κ1) is 15.2. The third-order valence-corrected chi connectivity index (χ3v) is 3.32. The monoisotopic (exact) mass is 297 g/mol. The largest absolute Gasteiger partial charge is 0.467 e. The van der Waals surface area contributed by atoms with Crippen LogP contribution in [0.3, 0.4) is 0 Å². The molecule has 0 aliphatic rings. The van der Waals surface area contributed by atoms with E-state index in [1.807, 2.05) is 0 Å². The summed E-state index contributed by atoms with van der Waals surface area (Å²) in [4.78, 5) is 13.7. The lowest BCUT2D eigenvalue weighted by molar-refractivity contribution is -0.137. The lowest BCUT2D eigenvalue weighted by Gasteiger charge is -2.23. The minimum atomic E-state index is -4.41. The molecular formula is C15H14F3NO2. The summed E-state index contributed by atoms with van der Waals surface area (Å²) in [5, 5.41) is 0. The molecule has 3 nitrogen and oxygen atoms in total. The van der Waals surface area contributed by atoms with Gasteiger partial charge in [0, 0.05) is 12.6 Å². The lowest BCUT2D eigenvalue weighted by Crippen LogP contribution is -2.29. The Kier molecular flexibility index (Phi) is 4.06. The molecule has 0 radical (unpaired) electrons. The van der Waals surface area contributed by atoms with Crippen molar-refractivity contribution in [2.75, 3.05) is 7.05 Å². The van der Waals surface area contributed by atoms with Crippen molar-refractivity contribution in [2.24, 2.45) is 0 Å². The first-order chi connectivity index (χ1) is 9.80. The van der Waals surface area contributed by atoms with Crippen LogP contribution in [-0.4, -0.2) is 17.9 Å². The molecule has 0 aliphatic carbocycles.